The molecule has 5 heteroatoms. The molecule has 0 amide bonds. The summed E-state index contributed by atoms with van der Waals surface area (Å²) in [6.45, 7) is 7.65. The van der Waals surface area contributed by atoms with Gasteiger partial charge in [0, 0.05) is 19.4 Å². The quantitative estimate of drug-likeness (QED) is 0.0346. The number of unbranched alkanes of at least 4 members (excludes halogenated alkanes) is 27. The molecule has 0 aromatic rings. The molecule has 1 atom stereocenters. The lowest BCUT2D eigenvalue weighted by Gasteiger charge is -2.18. The van der Waals surface area contributed by atoms with Crippen molar-refractivity contribution in [2.45, 2.75) is 271 Å². The Labute approximate surface area is 397 Å². The van der Waals surface area contributed by atoms with Crippen LogP contribution in [0.2, 0.25) is 0 Å². The molecule has 0 N–H and O–H groups in total. The van der Waals surface area contributed by atoms with Crippen LogP contribution in [0.1, 0.15) is 265 Å². The highest BCUT2D eigenvalue weighted by atomic mass is 16.6. The van der Waals surface area contributed by atoms with Crippen LogP contribution in [-0.2, 0) is 23.8 Å². The van der Waals surface area contributed by atoms with Crippen LogP contribution in [-0.4, -0.2) is 37.9 Å². The standard InChI is InChI=1S/C59H104O5/c1-4-7-10-13-16-19-22-25-27-29-30-31-32-35-37-40-43-46-49-52-58(60)63-56-57(64-59(61)53-50-47-44-41-38-34-24-21-18-15-12-9-6-3)55-62-54-51-48-45-42-39-36-33-28-26-23-20-17-14-11-8-5-2/h9,12,17-18,20-21,25-28,34,38,57H,4-8,10-11,13-16,19,22-24,29-33,35-37,39-56H2,1-3H3/b12-9-,20-17-,21-18-,27-25-,28-26-,38-34-. The van der Waals surface area contributed by atoms with Crippen molar-refractivity contribution in [3.05, 3.63) is 72.9 Å². The van der Waals surface area contributed by atoms with Gasteiger partial charge in [0.15, 0.2) is 6.10 Å². The Morgan fingerprint density at radius 2 is 0.703 bits per heavy atom. The summed E-state index contributed by atoms with van der Waals surface area (Å²) >= 11 is 0. The number of rotatable bonds is 50. The Balaban J connectivity index is 4.28. The predicted molar refractivity (Wildman–Crippen MR) is 279 cm³/mol. The third-order valence-electron chi connectivity index (χ3n) is 11.7. The fraction of sp³-hybridized carbons (Fsp3) is 0.763. The summed E-state index contributed by atoms with van der Waals surface area (Å²) < 4.78 is 17.4. The minimum absolute atomic E-state index is 0.0668. The first-order valence-corrected chi connectivity index (χ1v) is 27.5. The zero-order valence-corrected chi connectivity index (χ0v) is 42.5. The number of hydrogen-bond donors (Lipinski definition) is 0. The number of carbonyl (C=O) groups is 2. The first-order valence-electron chi connectivity index (χ1n) is 27.5. The van der Waals surface area contributed by atoms with E-state index < -0.39 is 6.10 Å². The summed E-state index contributed by atoms with van der Waals surface area (Å²) in [5, 5.41) is 0. The van der Waals surface area contributed by atoms with Gasteiger partial charge in [0.1, 0.15) is 6.61 Å². The van der Waals surface area contributed by atoms with Gasteiger partial charge in [0.05, 0.1) is 6.61 Å². The van der Waals surface area contributed by atoms with Gasteiger partial charge in [0.25, 0.3) is 0 Å². The lowest BCUT2D eigenvalue weighted by molar-refractivity contribution is -0.163. The monoisotopic (exact) mass is 893 g/mol. The van der Waals surface area contributed by atoms with E-state index >= 15 is 0 Å². The van der Waals surface area contributed by atoms with Crippen LogP contribution in [0.5, 0.6) is 0 Å². The molecule has 0 aromatic heterocycles. The molecule has 0 radical (unpaired) electrons. The van der Waals surface area contributed by atoms with Crippen LogP contribution in [0.4, 0.5) is 0 Å². The van der Waals surface area contributed by atoms with Gasteiger partial charge in [-0.05, 0) is 109 Å². The summed E-state index contributed by atoms with van der Waals surface area (Å²) in [5.74, 6) is -0.434. The molecule has 370 valence electrons. The Kier molecular flexibility index (Phi) is 52.4. The third-order valence-corrected chi connectivity index (χ3v) is 11.7. The van der Waals surface area contributed by atoms with Crippen LogP contribution in [0, 0.1) is 0 Å². The fourth-order valence-electron chi connectivity index (χ4n) is 7.61. The average Bonchev–Trinajstić information content (AvgIpc) is 3.30. The number of carbonyl (C=O) groups excluding carboxylic acids is 2. The van der Waals surface area contributed by atoms with Gasteiger partial charge < -0.3 is 14.2 Å². The van der Waals surface area contributed by atoms with Gasteiger partial charge in [0.2, 0.25) is 0 Å². The van der Waals surface area contributed by atoms with Crippen molar-refractivity contribution < 1.29 is 23.8 Å². The molecule has 0 aliphatic heterocycles. The molecule has 1 unspecified atom stereocenters. The second-order valence-electron chi connectivity index (χ2n) is 18.1. The second-order valence-corrected chi connectivity index (χ2v) is 18.1. The molecule has 0 fully saturated rings. The van der Waals surface area contributed by atoms with Gasteiger partial charge in [-0.15, -0.1) is 0 Å². The molecule has 0 aliphatic rings. The normalized spacial score (nSPS) is 12.7. The van der Waals surface area contributed by atoms with Crippen molar-refractivity contribution >= 4 is 11.9 Å². The first-order chi connectivity index (χ1) is 31.6. The topological polar surface area (TPSA) is 61.8 Å². The summed E-state index contributed by atoms with van der Waals surface area (Å²) in [4.78, 5) is 25.4. The van der Waals surface area contributed by atoms with Crippen molar-refractivity contribution in [2.24, 2.45) is 0 Å². The highest BCUT2D eigenvalue weighted by Crippen LogP contribution is 2.14. The molecule has 0 saturated heterocycles. The molecule has 0 heterocycles. The number of allylic oxidation sites excluding steroid dienone is 12. The largest absolute Gasteiger partial charge is 0.462 e. The Morgan fingerprint density at radius 3 is 1.19 bits per heavy atom. The number of esters is 2. The Bertz CT molecular complexity index is 1150. The SMILES string of the molecule is CC/C=C\C/C=C\C/C=C\CCCCCC(=O)OC(COCCCCCCCC/C=C\C/C=C\CCCCC)COC(=O)CCCCCCCCCCC/C=C\CCCCCCCC. The zero-order chi connectivity index (χ0) is 46.3. The lowest BCUT2D eigenvalue weighted by atomic mass is 10.1. The third kappa shape index (κ3) is 52.0. The molecule has 5 nitrogen and oxygen atoms in total. The van der Waals surface area contributed by atoms with E-state index in [1.807, 2.05) is 0 Å². The maximum absolute atomic E-state index is 12.8. The molecule has 0 aromatic carbocycles. The molecule has 64 heavy (non-hydrogen) atoms. The molecule has 0 bridgehead atoms. The van der Waals surface area contributed by atoms with Gasteiger partial charge in [-0.1, -0.05) is 216 Å². The summed E-state index contributed by atoms with van der Waals surface area (Å²) in [6, 6.07) is 0. The molecule has 0 rings (SSSR count). The molecule has 0 aliphatic carbocycles. The van der Waals surface area contributed by atoms with Gasteiger partial charge in [-0.2, -0.15) is 0 Å². The predicted octanol–water partition coefficient (Wildman–Crippen LogP) is 18.7. The van der Waals surface area contributed by atoms with E-state index in [0.717, 1.165) is 77.0 Å². The Hall–Kier alpha value is -2.66. The second kappa shape index (κ2) is 54.7. The average molecular weight is 893 g/mol. The van der Waals surface area contributed by atoms with E-state index in [1.54, 1.807) is 0 Å². The van der Waals surface area contributed by atoms with Crippen LogP contribution >= 0.6 is 0 Å². The van der Waals surface area contributed by atoms with Crippen molar-refractivity contribution in [2.75, 3.05) is 19.8 Å². The van der Waals surface area contributed by atoms with E-state index in [-0.39, 0.29) is 25.2 Å². The maximum atomic E-state index is 12.8. The van der Waals surface area contributed by atoms with Crippen molar-refractivity contribution in [3.63, 3.8) is 0 Å². The molecular weight excluding hydrogens is 789 g/mol. The van der Waals surface area contributed by atoms with Crippen LogP contribution in [0.25, 0.3) is 0 Å². The fourth-order valence-corrected chi connectivity index (χ4v) is 7.61. The van der Waals surface area contributed by atoms with Gasteiger partial charge in [-0.3, -0.25) is 9.59 Å². The highest BCUT2D eigenvalue weighted by molar-refractivity contribution is 5.70. The van der Waals surface area contributed by atoms with Gasteiger partial charge in [-0.25, -0.2) is 0 Å². The van der Waals surface area contributed by atoms with Crippen LogP contribution in [0.3, 0.4) is 0 Å². The summed E-state index contributed by atoms with van der Waals surface area (Å²) in [6.07, 6.45) is 70.6. The van der Waals surface area contributed by atoms with E-state index in [9.17, 15) is 9.59 Å². The summed E-state index contributed by atoms with van der Waals surface area (Å²) in [7, 11) is 0. The maximum Gasteiger partial charge on any atom is 0.306 e. The molecule has 0 spiro atoms. The smallest absolute Gasteiger partial charge is 0.306 e. The Morgan fingerprint density at radius 1 is 0.359 bits per heavy atom. The van der Waals surface area contributed by atoms with Crippen LogP contribution < -0.4 is 0 Å². The van der Waals surface area contributed by atoms with Crippen molar-refractivity contribution in [1.29, 1.82) is 0 Å². The highest BCUT2D eigenvalue weighted by Gasteiger charge is 2.17. The first kappa shape index (κ1) is 61.3. The van der Waals surface area contributed by atoms with Crippen molar-refractivity contribution in [3.8, 4) is 0 Å². The minimum Gasteiger partial charge on any atom is -0.462 e. The van der Waals surface area contributed by atoms with E-state index in [1.165, 1.54) is 154 Å². The molecule has 0 saturated carbocycles. The zero-order valence-electron chi connectivity index (χ0n) is 42.5. The minimum atomic E-state index is -0.560. The number of hydrogen-bond acceptors (Lipinski definition) is 5. The van der Waals surface area contributed by atoms with E-state index in [2.05, 4.69) is 93.7 Å². The summed E-state index contributed by atoms with van der Waals surface area (Å²) in [5.41, 5.74) is 0. The van der Waals surface area contributed by atoms with Crippen LogP contribution in [0.15, 0.2) is 72.9 Å². The van der Waals surface area contributed by atoms with E-state index in [0.29, 0.717) is 19.4 Å². The number of ether oxygens (including phenoxy) is 3. The van der Waals surface area contributed by atoms with E-state index in [4.69, 9.17) is 14.2 Å². The van der Waals surface area contributed by atoms with Gasteiger partial charge >= 0.3 is 11.9 Å². The lowest BCUT2D eigenvalue weighted by Crippen LogP contribution is -2.30. The van der Waals surface area contributed by atoms with Crippen molar-refractivity contribution in [1.82, 2.24) is 0 Å². The molecular formula is C59H104O5.